The number of hydrogen-bond acceptors (Lipinski definition) is 22. The van der Waals surface area contributed by atoms with E-state index in [2.05, 4.69) is 108 Å². The molecule has 0 bridgehead atoms. The monoisotopic (exact) mass is 1900 g/mol. The van der Waals surface area contributed by atoms with Gasteiger partial charge in [-0.25, -0.2) is 0 Å². The van der Waals surface area contributed by atoms with E-state index in [0.717, 1.165) is 92.6 Å². The number of nitriles is 1. The second kappa shape index (κ2) is 51.1. The molecule has 708 valence electrons. The van der Waals surface area contributed by atoms with Crippen LogP contribution < -0.4 is 10.5 Å². The topological polar surface area (TPSA) is 368 Å². The number of phenolic OH excluding ortho intramolecular Hbond substituents is 3. The third-order valence-corrected chi connectivity index (χ3v) is 26.4. The van der Waals surface area contributed by atoms with Crippen LogP contribution in [0.3, 0.4) is 0 Å². The van der Waals surface area contributed by atoms with E-state index in [1.54, 1.807) is 42.5 Å². The molecule has 4 aliphatic rings. The van der Waals surface area contributed by atoms with Crippen molar-refractivity contribution in [3.05, 3.63) is 276 Å². The summed E-state index contributed by atoms with van der Waals surface area (Å²) in [6.45, 7) is 36.9. The van der Waals surface area contributed by atoms with E-state index < -0.39 is 22.2 Å². The van der Waals surface area contributed by atoms with Gasteiger partial charge in [-0.05, 0) is 215 Å². The maximum atomic E-state index is 11.8. The largest absolute Gasteiger partial charge is 0.508 e. The molecule has 12 rings (SSSR count). The fourth-order valence-corrected chi connectivity index (χ4v) is 17.9. The molecule has 131 heavy (non-hydrogen) atoms. The first-order chi connectivity index (χ1) is 62.0. The zero-order valence-electron chi connectivity index (χ0n) is 77.2. The van der Waals surface area contributed by atoms with Crippen LogP contribution in [-0.4, -0.2) is 110 Å². The van der Waals surface area contributed by atoms with Crippen LogP contribution in [0, 0.1) is 78.9 Å². The zero-order chi connectivity index (χ0) is 97.1. The molecule has 20 atom stereocenters. The molecule has 4 unspecified atom stereocenters. The number of nitrogens with two attached hydrogens (primary N) is 1. The van der Waals surface area contributed by atoms with Gasteiger partial charge in [0.2, 0.25) is 0 Å². The summed E-state index contributed by atoms with van der Waals surface area (Å²) in [7, 11) is 0. The van der Waals surface area contributed by atoms with Crippen molar-refractivity contribution in [3.63, 3.8) is 0 Å². The molecule has 0 spiro atoms. The van der Waals surface area contributed by atoms with Gasteiger partial charge in [-0.1, -0.05) is 233 Å². The number of carbonyl (C=O) groups is 4. The lowest BCUT2D eigenvalue weighted by molar-refractivity contribution is -0.742. The number of aromatic hydroxyl groups is 3. The Morgan fingerprint density at radius 3 is 0.939 bits per heavy atom. The van der Waals surface area contributed by atoms with Crippen LogP contribution >= 0.6 is 58.0 Å². The van der Waals surface area contributed by atoms with Gasteiger partial charge in [0.05, 0.1) is 41.6 Å². The van der Waals surface area contributed by atoms with Gasteiger partial charge in [-0.3, -0.25) is 29.3 Å². The van der Waals surface area contributed by atoms with Crippen LogP contribution in [0.1, 0.15) is 235 Å². The highest BCUT2D eigenvalue weighted by atomic mass is 35.5. The van der Waals surface area contributed by atoms with Crippen LogP contribution in [0.5, 0.6) is 23.0 Å². The first kappa shape index (κ1) is 108. The summed E-state index contributed by atoms with van der Waals surface area (Å²) in [5.41, 5.74) is 17.0. The predicted octanol–water partition coefficient (Wildman–Crippen LogP) is 23.9. The summed E-state index contributed by atoms with van der Waals surface area (Å²) in [5.74, 6) is 1.28. The number of ether oxygens (including phenoxy) is 9. The van der Waals surface area contributed by atoms with E-state index in [4.69, 9.17) is 127 Å². The number of carbonyl (C=O) groups excluding carboxylic acids is 4. The van der Waals surface area contributed by atoms with Crippen LogP contribution in [0.25, 0.3) is 0 Å². The SMILES string of the molecule is C=C(Cl)C#N.CCOc1ccc(Cc2cc(C3O[C@H](CC)[C@@H](C)[C@H](C)[C@H]3OC(C)=O)ccc2Cl)cc1.CC[C@H]1OC(c2ccc(Cl)c(Cc3ccc(O)c(N)c3)c2)[C@H](OC(C)=O)[C@@H](C)[C@@H]1C.CC[C@H]1OC(c2ccc(Cl)c(Cc3ccc(O)c([N+](=O)[O-])c3)c2)[C@H](OC(C)=O)[C@@H](C)[C@@H]1C.CC[C@H]1OC(c2ccc(Cl)c(Cc3ccc(O)cc3)c2)[C@H](OC(C)=O)[C@@H](C)[C@@H]1C.O=[N+]([O-])O. The van der Waals surface area contributed by atoms with Gasteiger partial charge in [-0.15, -0.1) is 10.1 Å². The van der Waals surface area contributed by atoms with Crippen molar-refractivity contribution >= 4 is 93.3 Å². The molecule has 8 aromatic rings. The van der Waals surface area contributed by atoms with Crippen LogP contribution in [-0.2, 0) is 82.8 Å². The molecule has 6 N–H and O–H groups in total. The molecule has 4 saturated heterocycles. The van der Waals surface area contributed by atoms with Crippen molar-refractivity contribution in [2.24, 2.45) is 47.3 Å². The smallest absolute Gasteiger partial charge is 0.310 e. The van der Waals surface area contributed by atoms with Crippen LogP contribution in [0.2, 0.25) is 20.1 Å². The Hall–Kier alpha value is -10.2. The van der Waals surface area contributed by atoms with E-state index in [9.17, 15) is 44.6 Å². The number of hydrogen-bond donors (Lipinski definition) is 5. The minimum absolute atomic E-state index is 0.0284. The van der Waals surface area contributed by atoms with Gasteiger partial charge in [0.15, 0.2) is 5.75 Å². The number of anilines is 1. The van der Waals surface area contributed by atoms with E-state index in [1.807, 2.05) is 97.9 Å². The number of phenols is 3. The minimum Gasteiger partial charge on any atom is -0.508 e. The average molecular weight is 1910 g/mol. The number of benzene rings is 8. The van der Waals surface area contributed by atoms with Crippen molar-refractivity contribution in [2.45, 2.75) is 242 Å². The summed E-state index contributed by atoms with van der Waals surface area (Å²) in [5, 5.41) is 63.9. The second-order valence-electron chi connectivity index (χ2n) is 33.8. The second-order valence-corrected chi connectivity index (χ2v) is 35.8. The van der Waals surface area contributed by atoms with Gasteiger partial charge < -0.3 is 68.9 Å². The number of allylic oxidation sites excluding steroid dienone is 1. The molecule has 4 aliphatic heterocycles. The number of rotatable bonds is 23. The van der Waals surface area contributed by atoms with Crippen LogP contribution in [0.4, 0.5) is 11.4 Å². The molecule has 0 aromatic heterocycles. The Bertz CT molecular complexity index is 5210. The third-order valence-electron chi connectivity index (χ3n) is 24.8. The molecule has 30 heteroatoms. The van der Waals surface area contributed by atoms with Crippen molar-refractivity contribution < 1.29 is 92.3 Å². The number of nitrogen functional groups attached to an aromatic ring is 1. The maximum absolute atomic E-state index is 11.8. The molecular weight excluding hydrogens is 1780 g/mol. The van der Waals surface area contributed by atoms with Crippen molar-refractivity contribution in [3.8, 4) is 29.1 Å². The fraction of sp³-hybridized carbons (Fsp3) is 0.455. The molecule has 0 saturated carbocycles. The highest BCUT2D eigenvalue weighted by molar-refractivity contribution is 6.32. The third kappa shape index (κ3) is 30.7. The van der Waals surface area contributed by atoms with Gasteiger partial charge >= 0.3 is 29.6 Å². The Morgan fingerprint density at radius 2 is 0.687 bits per heavy atom. The first-order valence-corrected chi connectivity index (χ1v) is 45.9. The average Bonchev–Trinajstić information content (AvgIpc) is 0.789. The molecule has 25 nitrogen and oxygen atoms in total. The number of nitro groups is 1. The fourth-order valence-electron chi connectivity index (χ4n) is 17.1. The summed E-state index contributed by atoms with van der Waals surface area (Å²) < 4.78 is 54.1. The Labute approximate surface area is 793 Å². The first-order valence-electron chi connectivity index (χ1n) is 44.0. The lowest BCUT2D eigenvalue weighted by Crippen LogP contribution is -2.46. The lowest BCUT2D eigenvalue weighted by atomic mass is 9.78. The van der Waals surface area contributed by atoms with Gasteiger partial charge in [-0.2, -0.15) is 5.26 Å². The van der Waals surface area contributed by atoms with Crippen LogP contribution in [0.15, 0.2) is 169 Å². The summed E-state index contributed by atoms with van der Waals surface area (Å²) in [6.07, 6.45) is 3.24. The summed E-state index contributed by atoms with van der Waals surface area (Å²) >= 11 is 30.8. The quantitative estimate of drug-likeness (QED) is 0.00755. The minimum atomic E-state index is -1.50. The number of nitrogens with zero attached hydrogens (tertiary/aromatic N) is 3. The van der Waals surface area contributed by atoms with Crippen molar-refractivity contribution in [1.82, 2.24) is 0 Å². The van der Waals surface area contributed by atoms with E-state index in [-0.39, 0.29) is 148 Å². The summed E-state index contributed by atoms with van der Waals surface area (Å²) in [4.78, 5) is 66.1. The molecule has 4 heterocycles. The molecule has 8 aromatic carbocycles. The molecule has 0 radical (unpaired) electrons. The summed E-state index contributed by atoms with van der Waals surface area (Å²) in [6, 6.07) is 49.4. The maximum Gasteiger partial charge on any atom is 0.310 e. The number of nitro benzene ring substituents is 1. The Morgan fingerprint density at radius 1 is 0.427 bits per heavy atom. The van der Waals surface area contributed by atoms with E-state index in [0.29, 0.717) is 75.5 Å². The van der Waals surface area contributed by atoms with Gasteiger partial charge in [0.25, 0.3) is 5.09 Å². The van der Waals surface area contributed by atoms with E-state index in [1.165, 1.54) is 39.8 Å². The Kier molecular flexibility index (Phi) is 42.1. The number of esters is 4. The molecule has 0 amide bonds. The molecular formula is C101H123Cl5N4O21. The number of halogens is 5. The highest BCUT2D eigenvalue weighted by Crippen LogP contribution is 2.48. The Balaban J connectivity index is 0.000000231. The van der Waals surface area contributed by atoms with Gasteiger partial charge in [0, 0.05) is 77.5 Å². The molecule has 4 fully saturated rings. The van der Waals surface area contributed by atoms with Crippen molar-refractivity contribution in [2.75, 3.05) is 12.3 Å². The van der Waals surface area contributed by atoms with E-state index >= 15 is 0 Å². The highest BCUT2D eigenvalue weighted by Gasteiger charge is 2.48. The standard InChI is InChI=1S/C26H33ClO4.C24H28ClNO6.C24H30ClNO4.C24H29ClO4.C3H2ClN.HNO3/c1-6-24-16(3)17(4)25(30-18(5)28)26(31-24)20-10-13-23(27)21(15-20)14-19-8-11-22(12-9-19)29-7-2;1-5-22-13(2)14(3)23(31-15(4)27)24(32-22)17-7-8-19(25)18(12-17)10-16-6-9-21(28)20(11-16)26(29)30;1-5-22-13(2)14(3)23(29-15(4)27)24(30-22)17-7-8-19(25)18(12-17)10-16-6-9-21(28)20(26)11-16;1-5-22-14(2)15(3)23(28-16(4)26)24(29-22)18-8-11-21(25)19(13-18)12-17-6-9-20(27)10-7-17;1-3(4)2-5;2-1(3)4/h8-13,15-17,24-26H,6-7,14H2,1-5H3;6-9,11-14,22-24,28H,5,10H2,1-4H3;6-9,11-14,22-24,28H,5,10,26H2,1-4H3;6-11,13-15,22-24,27H,5,12H2,1-4H3;1H2;(H,2,3,4)/t16-,17-,24+,25+,26?;2*13-,14-,22+,23+,24?;14-,15-,22+,23+,24?;;/m0000../s1. The lowest BCUT2D eigenvalue weighted by Gasteiger charge is -2.44. The zero-order valence-corrected chi connectivity index (χ0v) is 80.9. The molecule has 0 aliphatic carbocycles. The predicted molar refractivity (Wildman–Crippen MR) is 507 cm³/mol. The van der Waals surface area contributed by atoms with Gasteiger partial charge in [0.1, 0.15) is 77.2 Å². The van der Waals surface area contributed by atoms with Crippen molar-refractivity contribution in [1.29, 1.82) is 5.26 Å². The normalized spacial score (nSPS) is 24.7.